The van der Waals surface area contributed by atoms with Gasteiger partial charge in [0.2, 0.25) is 10.0 Å². The zero-order chi connectivity index (χ0) is 14.8. The molecule has 0 saturated carbocycles. The van der Waals surface area contributed by atoms with Crippen LogP contribution in [-0.4, -0.2) is 18.4 Å². The number of thiocarbonyl (C=S) groups is 1. The molecule has 9 heteroatoms. The summed E-state index contributed by atoms with van der Waals surface area (Å²) in [6.45, 7) is 0.182. The van der Waals surface area contributed by atoms with Crippen LogP contribution in [0.4, 0.5) is 0 Å². The maximum Gasteiger partial charge on any atom is 0.240 e. The maximum absolute atomic E-state index is 12.1. The molecule has 1 aromatic heterocycles. The first kappa shape index (κ1) is 15.3. The van der Waals surface area contributed by atoms with E-state index in [1.54, 1.807) is 11.7 Å². The fourth-order valence-electron chi connectivity index (χ4n) is 1.44. The van der Waals surface area contributed by atoms with Crippen molar-refractivity contribution in [2.45, 2.75) is 11.4 Å². The lowest BCUT2D eigenvalue weighted by molar-refractivity contribution is 0.582. The van der Waals surface area contributed by atoms with Gasteiger partial charge in [-0.2, -0.15) is 0 Å². The van der Waals surface area contributed by atoms with Crippen molar-refractivity contribution in [1.82, 2.24) is 9.71 Å². The number of halogens is 1. The van der Waals surface area contributed by atoms with Gasteiger partial charge in [0.15, 0.2) is 0 Å². The fraction of sp³-hybridized carbons (Fsp3) is 0.0909. The third-order valence-electron chi connectivity index (χ3n) is 2.44. The average Bonchev–Trinajstić information content (AvgIpc) is 2.89. The molecular weight excluding hydrogens is 338 g/mol. The summed E-state index contributed by atoms with van der Waals surface area (Å²) in [5.74, 6) is 0. The minimum Gasteiger partial charge on any atom is -0.389 e. The number of nitrogens with two attached hydrogens (primary N) is 1. The molecule has 2 rings (SSSR count). The Morgan fingerprint density at radius 1 is 1.50 bits per heavy atom. The first-order valence-electron chi connectivity index (χ1n) is 5.36. The number of aromatic nitrogens is 1. The van der Waals surface area contributed by atoms with E-state index in [0.29, 0.717) is 5.56 Å². The molecule has 0 spiro atoms. The second kappa shape index (κ2) is 6.15. The lowest BCUT2D eigenvalue weighted by Gasteiger charge is -2.08. The Kier molecular flexibility index (Phi) is 4.71. The predicted octanol–water partition coefficient (Wildman–Crippen LogP) is 1.91. The number of thiazole rings is 1. The van der Waals surface area contributed by atoms with Crippen LogP contribution in [0.1, 0.15) is 10.4 Å². The summed E-state index contributed by atoms with van der Waals surface area (Å²) in [4.78, 5) is 4.88. The Balaban J connectivity index is 2.21. The van der Waals surface area contributed by atoms with E-state index < -0.39 is 10.0 Å². The Bertz CT molecular complexity index is 729. The molecule has 0 aliphatic carbocycles. The maximum atomic E-state index is 12.1. The largest absolute Gasteiger partial charge is 0.389 e. The van der Waals surface area contributed by atoms with Gasteiger partial charge in [0.25, 0.3) is 0 Å². The standard InChI is InChI=1S/C11H10ClN3O2S3/c12-10-3-8(1-2-9(10)11(13)18)20(16,17)15-5-7-4-14-6-19-7/h1-4,6,15H,5H2,(H2,13,18). The lowest BCUT2D eigenvalue weighted by Crippen LogP contribution is -2.23. The molecule has 0 aliphatic heterocycles. The molecule has 1 heterocycles. The number of sulfonamides is 1. The molecular formula is C11H10ClN3O2S3. The average molecular weight is 348 g/mol. The Labute approximate surface area is 130 Å². The van der Waals surface area contributed by atoms with Crippen LogP contribution in [0.2, 0.25) is 5.02 Å². The van der Waals surface area contributed by atoms with Crippen molar-refractivity contribution < 1.29 is 8.42 Å². The monoisotopic (exact) mass is 347 g/mol. The van der Waals surface area contributed by atoms with Gasteiger partial charge < -0.3 is 5.73 Å². The van der Waals surface area contributed by atoms with Gasteiger partial charge in [0, 0.05) is 23.2 Å². The topological polar surface area (TPSA) is 85.1 Å². The number of hydrogen-bond donors (Lipinski definition) is 2. The number of benzene rings is 1. The van der Waals surface area contributed by atoms with Crippen LogP contribution in [0, 0.1) is 0 Å². The van der Waals surface area contributed by atoms with E-state index in [0.717, 1.165) is 4.88 Å². The van der Waals surface area contributed by atoms with Crippen molar-refractivity contribution in [2.24, 2.45) is 5.73 Å². The van der Waals surface area contributed by atoms with Gasteiger partial charge in [-0.1, -0.05) is 23.8 Å². The molecule has 3 N–H and O–H groups in total. The molecule has 106 valence electrons. The molecule has 0 atom stereocenters. The van der Waals surface area contributed by atoms with Crippen LogP contribution in [0.5, 0.6) is 0 Å². The minimum absolute atomic E-state index is 0.0621. The summed E-state index contributed by atoms with van der Waals surface area (Å²) in [5.41, 5.74) is 7.56. The van der Waals surface area contributed by atoms with Crippen LogP contribution in [-0.2, 0) is 16.6 Å². The molecule has 20 heavy (non-hydrogen) atoms. The Morgan fingerprint density at radius 3 is 2.80 bits per heavy atom. The summed E-state index contributed by atoms with van der Waals surface area (Å²) in [5, 5.41) is 0.207. The van der Waals surface area contributed by atoms with E-state index in [1.807, 2.05) is 0 Å². The van der Waals surface area contributed by atoms with E-state index in [2.05, 4.69) is 9.71 Å². The summed E-state index contributed by atoms with van der Waals surface area (Å²) in [6, 6.07) is 4.23. The number of hydrogen-bond acceptors (Lipinski definition) is 5. The zero-order valence-electron chi connectivity index (χ0n) is 10.0. The van der Waals surface area contributed by atoms with Crippen LogP contribution >= 0.6 is 35.2 Å². The minimum atomic E-state index is -3.64. The quantitative estimate of drug-likeness (QED) is 0.807. The molecule has 1 aromatic carbocycles. The normalized spacial score (nSPS) is 11.4. The molecule has 0 amide bonds. The highest BCUT2D eigenvalue weighted by molar-refractivity contribution is 7.89. The molecule has 2 aromatic rings. The lowest BCUT2D eigenvalue weighted by atomic mass is 10.2. The van der Waals surface area contributed by atoms with Gasteiger partial charge in [-0.05, 0) is 18.2 Å². The van der Waals surface area contributed by atoms with E-state index in [-0.39, 0.29) is 21.5 Å². The van der Waals surface area contributed by atoms with Gasteiger partial charge in [-0.3, -0.25) is 4.98 Å². The molecule has 0 unspecified atom stereocenters. The molecule has 0 radical (unpaired) electrons. The number of rotatable bonds is 5. The van der Waals surface area contributed by atoms with E-state index in [9.17, 15) is 8.42 Å². The van der Waals surface area contributed by atoms with Gasteiger partial charge in [0.1, 0.15) is 4.99 Å². The molecule has 0 bridgehead atoms. The van der Waals surface area contributed by atoms with Crippen LogP contribution in [0.15, 0.2) is 34.8 Å². The van der Waals surface area contributed by atoms with Crippen molar-refractivity contribution in [2.75, 3.05) is 0 Å². The predicted molar refractivity (Wildman–Crippen MR) is 83.5 cm³/mol. The van der Waals surface area contributed by atoms with Crippen molar-refractivity contribution >= 4 is 50.2 Å². The first-order valence-corrected chi connectivity index (χ1v) is 8.51. The zero-order valence-corrected chi connectivity index (χ0v) is 13.2. The third-order valence-corrected chi connectivity index (χ3v) is 5.15. The highest BCUT2D eigenvalue weighted by Gasteiger charge is 2.16. The Hall–Kier alpha value is -1.06. The highest BCUT2D eigenvalue weighted by Crippen LogP contribution is 2.21. The second-order valence-electron chi connectivity index (χ2n) is 3.80. The molecule has 0 fully saturated rings. The van der Waals surface area contributed by atoms with E-state index in [1.165, 1.54) is 29.5 Å². The second-order valence-corrected chi connectivity index (χ2v) is 7.38. The molecule has 0 saturated heterocycles. The van der Waals surface area contributed by atoms with Crippen LogP contribution < -0.4 is 10.5 Å². The van der Waals surface area contributed by atoms with E-state index >= 15 is 0 Å². The van der Waals surface area contributed by atoms with Crippen molar-refractivity contribution in [3.8, 4) is 0 Å². The fourth-order valence-corrected chi connectivity index (χ4v) is 3.68. The van der Waals surface area contributed by atoms with Gasteiger partial charge in [-0.25, -0.2) is 13.1 Å². The summed E-state index contributed by atoms with van der Waals surface area (Å²) < 4.78 is 26.7. The third kappa shape index (κ3) is 3.53. The van der Waals surface area contributed by atoms with E-state index in [4.69, 9.17) is 29.6 Å². The summed E-state index contributed by atoms with van der Waals surface area (Å²) >= 11 is 12.1. The molecule has 5 nitrogen and oxygen atoms in total. The van der Waals surface area contributed by atoms with Crippen molar-refractivity contribution in [1.29, 1.82) is 0 Å². The van der Waals surface area contributed by atoms with Gasteiger partial charge in [0.05, 0.1) is 15.4 Å². The summed E-state index contributed by atoms with van der Waals surface area (Å²) in [6.07, 6.45) is 1.61. The molecule has 0 aliphatic rings. The summed E-state index contributed by atoms with van der Waals surface area (Å²) in [7, 11) is -3.64. The highest BCUT2D eigenvalue weighted by atomic mass is 35.5. The van der Waals surface area contributed by atoms with Crippen molar-refractivity contribution in [3.05, 3.63) is 45.4 Å². The number of nitrogens with one attached hydrogen (secondary N) is 1. The smallest absolute Gasteiger partial charge is 0.240 e. The van der Waals surface area contributed by atoms with Gasteiger partial charge >= 0.3 is 0 Å². The van der Waals surface area contributed by atoms with Crippen LogP contribution in [0.3, 0.4) is 0 Å². The SMILES string of the molecule is NC(=S)c1ccc(S(=O)(=O)NCc2cncs2)cc1Cl. The van der Waals surface area contributed by atoms with Gasteiger partial charge in [-0.15, -0.1) is 11.3 Å². The van der Waals surface area contributed by atoms with Crippen molar-refractivity contribution in [3.63, 3.8) is 0 Å². The number of nitrogens with zero attached hydrogens (tertiary/aromatic N) is 1. The van der Waals surface area contributed by atoms with Crippen LogP contribution in [0.25, 0.3) is 0 Å². The Morgan fingerprint density at radius 2 is 2.25 bits per heavy atom. The first-order chi connectivity index (χ1) is 9.40.